The van der Waals surface area contributed by atoms with Gasteiger partial charge in [-0.05, 0) is 59.1 Å². The van der Waals surface area contributed by atoms with Crippen LogP contribution < -0.4 is 0 Å². The Morgan fingerprint density at radius 2 is 0.914 bits per heavy atom. The van der Waals surface area contributed by atoms with Crippen LogP contribution in [0.25, 0.3) is 22.3 Å². The first-order chi connectivity index (χ1) is 16.9. The second kappa shape index (κ2) is 10.9. The van der Waals surface area contributed by atoms with Crippen molar-refractivity contribution in [3.63, 3.8) is 0 Å². The van der Waals surface area contributed by atoms with Gasteiger partial charge in [-0.15, -0.1) is 0 Å². The van der Waals surface area contributed by atoms with Gasteiger partial charge in [0.25, 0.3) is 0 Å². The van der Waals surface area contributed by atoms with E-state index in [4.69, 9.17) is 0 Å². The van der Waals surface area contributed by atoms with Crippen molar-refractivity contribution in [2.75, 3.05) is 0 Å². The fourth-order valence-electron chi connectivity index (χ4n) is 4.36. The third kappa shape index (κ3) is 5.32. The molecule has 0 aromatic heterocycles. The summed E-state index contributed by atoms with van der Waals surface area (Å²) < 4.78 is 58.3. The highest BCUT2D eigenvalue weighted by molar-refractivity contribution is 5.66. The molecular formula is C31H28F4. The Labute approximate surface area is 204 Å². The van der Waals surface area contributed by atoms with Crippen LogP contribution in [0.2, 0.25) is 0 Å². The van der Waals surface area contributed by atoms with Crippen LogP contribution in [0.15, 0.2) is 72.8 Å². The van der Waals surface area contributed by atoms with Gasteiger partial charge < -0.3 is 0 Å². The van der Waals surface area contributed by atoms with E-state index in [0.717, 1.165) is 18.4 Å². The second-order valence-electron chi connectivity index (χ2n) is 8.80. The normalized spacial score (nSPS) is 11.1. The Kier molecular flexibility index (Phi) is 7.70. The predicted octanol–water partition coefficient (Wildman–Crippen LogP) is 8.88. The molecular weight excluding hydrogens is 448 g/mol. The van der Waals surface area contributed by atoms with Gasteiger partial charge >= 0.3 is 0 Å². The summed E-state index contributed by atoms with van der Waals surface area (Å²) in [7, 11) is 0. The summed E-state index contributed by atoms with van der Waals surface area (Å²) in [6.07, 6.45) is 3.22. The minimum atomic E-state index is -0.852. The van der Waals surface area contributed by atoms with Gasteiger partial charge in [0.05, 0.1) is 0 Å². The maximum absolute atomic E-state index is 14.8. The zero-order chi connectivity index (χ0) is 24.9. The topological polar surface area (TPSA) is 0 Å². The summed E-state index contributed by atoms with van der Waals surface area (Å²) in [5.74, 6) is -3.33. The second-order valence-corrected chi connectivity index (χ2v) is 8.80. The molecule has 0 heterocycles. The molecule has 4 heteroatoms. The molecule has 0 nitrogen and oxygen atoms in total. The molecule has 0 fully saturated rings. The summed E-state index contributed by atoms with van der Waals surface area (Å²) in [5.41, 5.74) is 4.40. The molecule has 0 amide bonds. The molecule has 0 unspecified atom stereocenters. The summed E-state index contributed by atoms with van der Waals surface area (Å²) in [6, 6.07) is 21.1. The minimum Gasteiger partial charge on any atom is -0.203 e. The van der Waals surface area contributed by atoms with Crippen molar-refractivity contribution in [2.24, 2.45) is 0 Å². The number of hydrogen-bond donors (Lipinski definition) is 0. The average molecular weight is 477 g/mol. The number of rotatable bonds is 8. The monoisotopic (exact) mass is 476 g/mol. The molecule has 0 aliphatic heterocycles. The molecule has 0 aliphatic rings. The van der Waals surface area contributed by atoms with Crippen molar-refractivity contribution in [1.29, 1.82) is 0 Å². The van der Waals surface area contributed by atoms with Crippen LogP contribution >= 0.6 is 0 Å². The highest BCUT2D eigenvalue weighted by Gasteiger charge is 2.16. The van der Waals surface area contributed by atoms with Gasteiger partial charge in [-0.2, -0.15) is 0 Å². The standard InChI is InChI=1S/C31H28F4/c1-3-5-20-6-11-23(12-7-20)27-19-17-25(29(33)31(27)35)15-10-21-8-13-24(14-9-21)26-18-16-22(4-2)28(32)30(26)34/h6-9,11-14,16-19H,3-5,10,15H2,1-2H3. The molecule has 0 saturated carbocycles. The molecule has 35 heavy (non-hydrogen) atoms. The van der Waals surface area contributed by atoms with E-state index in [-0.39, 0.29) is 11.1 Å². The van der Waals surface area contributed by atoms with Gasteiger partial charge in [-0.3, -0.25) is 0 Å². The van der Waals surface area contributed by atoms with E-state index in [1.165, 1.54) is 5.56 Å². The number of benzene rings is 4. The number of hydrogen-bond acceptors (Lipinski definition) is 0. The predicted molar refractivity (Wildman–Crippen MR) is 134 cm³/mol. The highest BCUT2D eigenvalue weighted by atomic mass is 19.2. The fourth-order valence-corrected chi connectivity index (χ4v) is 4.36. The van der Waals surface area contributed by atoms with E-state index in [0.29, 0.717) is 41.5 Å². The van der Waals surface area contributed by atoms with Crippen LogP contribution in [0, 0.1) is 23.3 Å². The lowest BCUT2D eigenvalue weighted by atomic mass is 9.96. The van der Waals surface area contributed by atoms with E-state index in [9.17, 15) is 17.6 Å². The quantitative estimate of drug-likeness (QED) is 0.223. The Morgan fingerprint density at radius 3 is 1.40 bits per heavy atom. The SMILES string of the molecule is CCCc1ccc(-c2ccc(CCc3ccc(-c4ccc(CC)c(F)c4F)cc3)c(F)c2F)cc1. The number of aryl methyl sites for hydroxylation is 4. The zero-order valence-electron chi connectivity index (χ0n) is 20.0. The van der Waals surface area contributed by atoms with Crippen LogP contribution in [-0.4, -0.2) is 0 Å². The van der Waals surface area contributed by atoms with Gasteiger partial charge in [0, 0.05) is 11.1 Å². The molecule has 180 valence electrons. The lowest BCUT2D eigenvalue weighted by Gasteiger charge is -2.11. The van der Waals surface area contributed by atoms with E-state index in [2.05, 4.69) is 6.92 Å². The van der Waals surface area contributed by atoms with E-state index >= 15 is 0 Å². The molecule has 4 aromatic carbocycles. The molecule has 0 aliphatic carbocycles. The van der Waals surface area contributed by atoms with Crippen LogP contribution in [0.5, 0.6) is 0 Å². The van der Waals surface area contributed by atoms with E-state index in [1.54, 1.807) is 55.5 Å². The maximum Gasteiger partial charge on any atom is 0.166 e. The fraction of sp³-hybridized carbons (Fsp3) is 0.226. The molecule has 0 bridgehead atoms. The Balaban J connectivity index is 1.47. The van der Waals surface area contributed by atoms with Gasteiger partial charge in [0.15, 0.2) is 23.3 Å². The molecule has 4 rings (SSSR count). The van der Waals surface area contributed by atoms with Crippen molar-refractivity contribution < 1.29 is 17.6 Å². The largest absolute Gasteiger partial charge is 0.203 e. The zero-order valence-corrected chi connectivity index (χ0v) is 20.0. The molecule has 0 N–H and O–H groups in total. The summed E-state index contributed by atoms with van der Waals surface area (Å²) in [5, 5.41) is 0. The third-order valence-corrected chi connectivity index (χ3v) is 6.46. The first-order valence-corrected chi connectivity index (χ1v) is 12.0. The lowest BCUT2D eigenvalue weighted by molar-refractivity contribution is 0.501. The summed E-state index contributed by atoms with van der Waals surface area (Å²) in [4.78, 5) is 0. The minimum absolute atomic E-state index is 0.206. The highest BCUT2D eigenvalue weighted by Crippen LogP contribution is 2.29. The summed E-state index contributed by atoms with van der Waals surface area (Å²) >= 11 is 0. The van der Waals surface area contributed by atoms with Gasteiger partial charge in [0.1, 0.15) is 0 Å². The Morgan fingerprint density at radius 1 is 0.457 bits per heavy atom. The molecule has 0 atom stereocenters. The Bertz CT molecular complexity index is 1310. The van der Waals surface area contributed by atoms with Gasteiger partial charge in [0.2, 0.25) is 0 Å². The lowest BCUT2D eigenvalue weighted by Crippen LogP contribution is -2.00. The van der Waals surface area contributed by atoms with Crippen molar-refractivity contribution >= 4 is 0 Å². The first-order valence-electron chi connectivity index (χ1n) is 12.0. The van der Waals surface area contributed by atoms with Crippen LogP contribution in [0.3, 0.4) is 0 Å². The average Bonchev–Trinajstić information content (AvgIpc) is 2.88. The van der Waals surface area contributed by atoms with E-state index < -0.39 is 23.3 Å². The van der Waals surface area contributed by atoms with Crippen molar-refractivity contribution in [2.45, 2.75) is 46.0 Å². The van der Waals surface area contributed by atoms with E-state index in [1.807, 2.05) is 24.3 Å². The molecule has 0 spiro atoms. The van der Waals surface area contributed by atoms with Gasteiger partial charge in [-0.25, -0.2) is 17.6 Å². The Hall–Kier alpha value is -3.40. The van der Waals surface area contributed by atoms with Crippen molar-refractivity contribution in [3.8, 4) is 22.3 Å². The summed E-state index contributed by atoms with van der Waals surface area (Å²) in [6.45, 7) is 3.88. The van der Waals surface area contributed by atoms with Crippen molar-refractivity contribution in [3.05, 3.63) is 118 Å². The van der Waals surface area contributed by atoms with Crippen LogP contribution in [0.1, 0.15) is 42.5 Å². The first kappa shape index (κ1) is 24.7. The third-order valence-electron chi connectivity index (χ3n) is 6.46. The maximum atomic E-state index is 14.8. The van der Waals surface area contributed by atoms with Crippen LogP contribution in [-0.2, 0) is 25.7 Å². The number of halogens is 4. The molecule has 4 aromatic rings. The van der Waals surface area contributed by atoms with Crippen molar-refractivity contribution in [1.82, 2.24) is 0 Å². The molecule has 0 saturated heterocycles. The molecule has 0 radical (unpaired) electrons. The van der Waals surface area contributed by atoms with Gasteiger partial charge in [-0.1, -0.05) is 93.1 Å². The smallest absolute Gasteiger partial charge is 0.166 e. The van der Waals surface area contributed by atoms with Crippen LogP contribution in [0.4, 0.5) is 17.6 Å².